The molecular formula is C13H15ClN2. The molecule has 0 spiro atoms. The third-order valence-corrected chi connectivity index (χ3v) is 3.76. The predicted octanol–water partition coefficient (Wildman–Crippen LogP) is 4.11. The fourth-order valence-corrected chi connectivity index (χ4v) is 3.00. The Morgan fingerprint density at radius 2 is 2.06 bits per heavy atom. The van der Waals surface area contributed by atoms with E-state index in [-0.39, 0.29) is 0 Å². The largest absolute Gasteiger partial charge is 0.312 e. The van der Waals surface area contributed by atoms with Gasteiger partial charge in [-0.2, -0.15) is 0 Å². The molecule has 3 rings (SSSR count). The lowest BCUT2D eigenvalue weighted by molar-refractivity contribution is 0.533. The molecule has 0 aliphatic heterocycles. The van der Waals surface area contributed by atoms with Crippen LogP contribution in [0.4, 0.5) is 0 Å². The molecule has 3 heteroatoms. The van der Waals surface area contributed by atoms with E-state index in [1.54, 1.807) is 0 Å². The van der Waals surface area contributed by atoms with E-state index in [0.29, 0.717) is 11.3 Å². The Kier molecular flexibility index (Phi) is 2.40. The van der Waals surface area contributed by atoms with E-state index >= 15 is 0 Å². The van der Waals surface area contributed by atoms with Gasteiger partial charge in [0, 0.05) is 6.04 Å². The molecule has 1 saturated carbocycles. The lowest BCUT2D eigenvalue weighted by Crippen LogP contribution is -2.04. The summed E-state index contributed by atoms with van der Waals surface area (Å²) in [6.07, 6.45) is 5.09. The summed E-state index contributed by atoms with van der Waals surface area (Å²) >= 11 is 6.25. The summed E-state index contributed by atoms with van der Waals surface area (Å²) in [5, 5.41) is 0.646. The Balaban J connectivity index is 2.20. The average Bonchev–Trinajstić information content (AvgIpc) is 2.83. The maximum atomic E-state index is 6.25. The molecule has 1 fully saturated rings. The molecule has 16 heavy (non-hydrogen) atoms. The fraction of sp³-hybridized carbons (Fsp3) is 0.462. The van der Waals surface area contributed by atoms with E-state index in [4.69, 9.17) is 11.6 Å². The number of hydrogen-bond donors (Lipinski definition) is 0. The zero-order valence-corrected chi connectivity index (χ0v) is 10.2. The van der Waals surface area contributed by atoms with E-state index in [1.165, 1.54) is 36.8 Å². The van der Waals surface area contributed by atoms with Crippen molar-refractivity contribution in [3.8, 4) is 0 Å². The summed E-state index contributed by atoms with van der Waals surface area (Å²) in [6.45, 7) is 2.11. The van der Waals surface area contributed by atoms with Gasteiger partial charge in [0.15, 0.2) is 0 Å². The maximum absolute atomic E-state index is 6.25. The van der Waals surface area contributed by atoms with Crippen molar-refractivity contribution >= 4 is 22.6 Å². The minimum Gasteiger partial charge on any atom is -0.312 e. The molecule has 0 atom stereocenters. The first-order chi connectivity index (χ1) is 7.75. The van der Waals surface area contributed by atoms with Crippen molar-refractivity contribution in [1.82, 2.24) is 9.55 Å². The number of aromatic nitrogens is 2. The number of benzene rings is 1. The quantitative estimate of drug-likeness (QED) is 0.726. The molecule has 0 saturated heterocycles. The molecule has 0 N–H and O–H groups in total. The Morgan fingerprint density at radius 3 is 2.81 bits per heavy atom. The highest BCUT2D eigenvalue weighted by Gasteiger charge is 2.21. The molecule has 84 valence electrons. The van der Waals surface area contributed by atoms with Crippen molar-refractivity contribution in [3.63, 3.8) is 0 Å². The third kappa shape index (κ3) is 1.52. The van der Waals surface area contributed by atoms with Gasteiger partial charge in [-0.05, 0) is 49.1 Å². The lowest BCUT2D eigenvalue weighted by atomic mass is 10.2. The van der Waals surface area contributed by atoms with Gasteiger partial charge in [0.2, 0.25) is 5.28 Å². The third-order valence-electron chi connectivity index (χ3n) is 3.49. The van der Waals surface area contributed by atoms with Gasteiger partial charge in [-0.3, -0.25) is 0 Å². The van der Waals surface area contributed by atoms with E-state index in [1.807, 2.05) is 0 Å². The smallest absolute Gasteiger partial charge is 0.204 e. The summed E-state index contributed by atoms with van der Waals surface area (Å²) in [7, 11) is 0. The molecule has 0 unspecified atom stereocenters. The summed E-state index contributed by atoms with van der Waals surface area (Å²) < 4.78 is 2.22. The lowest BCUT2D eigenvalue weighted by Gasteiger charge is -2.13. The van der Waals surface area contributed by atoms with Crippen molar-refractivity contribution in [2.45, 2.75) is 38.6 Å². The molecule has 1 heterocycles. The second-order valence-electron chi connectivity index (χ2n) is 4.68. The molecule has 1 aliphatic rings. The van der Waals surface area contributed by atoms with Gasteiger partial charge >= 0.3 is 0 Å². The second-order valence-corrected chi connectivity index (χ2v) is 5.02. The zero-order chi connectivity index (χ0) is 11.1. The molecule has 1 aliphatic carbocycles. The number of nitrogens with zero attached hydrogens (tertiary/aromatic N) is 2. The summed E-state index contributed by atoms with van der Waals surface area (Å²) in [5.74, 6) is 0. The standard InChI is InChI=1S/C13H15ClN2/c1-9-6-7-11-12(8-9)16(13(14)15-11)10-4-2-3-5-10/h6-8,10H,2-5H2,1H3. The number of aryl methyl sites for hydroxylation is 1. The summed E-state index contributed by atoms with van der Waals surface area (Å²) in [5.41, 5.74) is 3.47. The topological polar surface area (TPSA) is 17.8 Å². The van der Waals surface area contributed by atoms with Crippen molar-refractivity contribution in [1.29, 1.82) is 0 Å². The van der Waals surface area contributed by atoms with E-state index < -0.39 is 0 Å². The summed E-state index contributed by atoms with van der Waals surface area (Å²) in [6, 6.07) is 6.89. The first-order valence-corrected chi connectivity index (χ1v) is 6.27. The van der Waals surface area contributed by atoms with Gasteiger partial charge in [-0.25, -0.2) is 4.98 Å². The van der Waals surface area contributed by atoms with Crippen LogP contribution in [0, 0.1) is 6.92 Å². The van der Waals surface area contributed by atoms with Crippen LogP contribution in [0.15, 0.2) is 18.2 Å². The molecule has 1 aromatic heterocycles. The van der Waals surface area contributed by atoms with Crippen LogP contribution in [0.25, 0.3) is 11.0 Å². The normalized spacial score (nSPS) is 17.4. The van der Waals surface area contributed by atoms with E-state index in [9.17, 15) is 0 Å². The van der Waals surface area contributed by atoms with E-state index in [2.05, 4.69) is 34.7 Å². The molecule has 1 aromatic carbocycles. The van der Waals surface area contributed by atoms with Crippen molar-refractivity contribution < 1.29 is 0 Å². The van der Waals surface area contributed by atoms with Crippen LogP contribution >= 0.6 is 11.6 Å². The molecule has 0 radical (unpaired) electrons. The van der Waals surface area contributed by atoms with Crippen LogP contribution in [-0.4, -0.2) is 9.55 Å². The van der Waals surface area contributed by atoms with Crippen LogP contribution in [0.2, 0.25) is 5.28 Å². The second kappa shape index (κ2) is 3.77. The maximum Gasteiger partial charge on any atom is 0.204 e. The fourth-order valence-electron chi connectivity index (χ4n) is 2.68. The highest BCUT2D eigenvalue weighted by atomic mass is 35.5. The first kappa shape index (κ1) is 10.2. The Labute approximate surface area is 100 Å². The highest BCUT2D eigenvalue weighted by Crippen LogP contribution is 2.35. The minimum absolute atomic E-state index is 0.555. The molecule has 0 amide bonds. The number of imidazole rings is 1. The van der Waals surface area contributed by atoms with Gasteiger partial charge in [0.1, 0.15) is 0 Å². The number of hydrogen-bond acceptors (Lipinski definition) is 1. The Morgan fingerprint density at radius 1 is 1.31 bits per heavy atom. The SMILES string of the molecule is Cc1ccc2nc(Cl)n(C3CCCC3)c2c1. The number of halogens is 1. The van der Waals surface area contributed by atoms with Gasteiger partial charge in [0.05, 0.1) is 11.0 Å². The van der Waals surface area contributed by atoms with Gasteiger partial charge in [0.25, 0.3) is 0 Å². The van der Waals surface area contributed by atoms with E-state index in [0.717, 1.165) is 5.52 Å². The van der Waals surface area contributed by atoms with Crippen LogP contribution in [0.3, 0.4) is 0 Å². The molecule has 2 aromatic rings. The number of rotatable bonds is 1. The highest BCUT2D eigenvalue weighted by molar-refractivity contribution is 6.29. The minimum atomic E-state index is 0.555. The molecular weight excluding hydrogens is 220 g/mol. The molecule has 0 bridgehead atoms. The van der Waals surface area contributed by atoms with Crippen molar-refractivity contribution in [2.24, 2.45) is 0 Å². The average molecular weight is 235 g/mol. The predicted molar refractivity (Wildman–Crippen MR) is 67.0 cm³/mol. The van der Waals surface area contributed by atoms with Crippen LogP contribution in [0.5, 0.6) is 0 Å². The van der Waals surface area contributed by atoms with Crippen molar-refractivity contribution in [3.05, 3.63) is 29.0 Å². The summed E-state index contributed by atoms with van der Waals surface area (Å²) in [4.78, 5) is 4.43. The van der Waals surface area contributed by atoms with Crippen molar-refractivity contribution in [2.75, 3.05) is 0 Å². The molecule has 2 nitrogen and oxygen atoms in total. The van der Waals surface area contributed by atoms with Gasteiger partial charge in [-0.15, -0.1) is 0 Å². The van der Waals surface area contributed by atoms with Crippen LogP contribution in [-0.2, 0) is 0 Å². The zero-order valence-electron chi connectivity index (χ0n) is 9.41. The number of fused-ring (bicyclic) bond motifs is 1. The van der Waals surface area contributed by atoms with Crippen LogP contribution in [0.1, 0.15) is 37.3 Å². The van der Waals surface area contributed by atoms with Crippen LogP contribution < -0.4 is 0 Å². The van der Waals surface area contributed by atoms with Gasteiger partial charge < -0.3 is 4.57 Å². The monoisotopic (exact) mass is 234 g/mol. The Hall–Kier alpha value is -1.02. The Bertz CT molecular complexity index is 524. The first-order valence-electron chi connectivity index (χ1n) is 5.90. The van der Waals surface area contributed by atoms with Gasteiger partial charge in [-0.1, -0.05) is 18.9 Å².